The fraction of sp³-hybridized carbons (Fsp3) is 0.900. The van der Waals surface area contributed by atoms with Crippen LogP contribution in [0.25, 0.3) is 0 Å². The zero-order chi connectivity index (χ0) is 9.80. The van der Waals surface area contributed by atoms with E-state index in [1.54, 1.807) is 0 Å². The standard InChI is InChI=1S/C10H18N2O2/c13-10(9-2-1-5-11-9)12-8-3-6-14-7-4-8/h8-9,11H,1-7H2,(H,12,13)/t9-/m1/s1. The van der Waals surface area contributed by atoms with Crippen molar-refractivity contribution in [3.63, 3.8) is 0 Å². The minimum Gasteiger partial charge on any atom is -0.381 e. The van der Waals surface area contributed by atoms with Crippen LogP contribution in [-0.2, 0) is 9.53 Å². The summed E-state index contributed by atoms with van der Waals surface area (Å²) in [5.41, 5.74) is 0. The third-order valence-corrected chi connectivity index (χ3v) is 2.94. The highest BCUT2D eigenvalue weighted by atomic mass is 16.5. The van der Waals surface area contributed by atoms with Crippen molar-refractivity contribution >= 4 is 5.91 Å². The van der Waals surface area contributed by atoms with Gasteiger partial charge in [0.15, 0.2) is 0 Å². The first-order valence-electron chi connectivity index (χ1n) is 5.48. The van der Waals surface area contributed by atoms with Crippen LogP contribution in [0.15, 0.2) is 0 Å². The van der Waals surface area contributed by atoms with Gasteiger partial charge in [-0.15, -0.1) is 0 Å². The monoisotopic (exact) mass is 198 g/mol. The number of ether oxygens (including phenoxy) is 1. The molecule has 2 rings (SSSR count). The molecule has 2 heterocycles. The van der Waals surface area contributed by atoms with E-state index in [1.807, 2.05) is 0 Å². The Morgan fingerprint density at radius 3 is 2.71 bits per heavy atom. The fourth-order valence-electron chi connectivity index (χ4n) is 2.05. The van der Waals surface area contributed by atoms with Gasteiger partial charge in [-0.1, -0.05) is 0 Å². The molecule has 0 radical (unpaired) electrons. The predicted octanol–water partition coefficient (Wildman–Crippen LogP) is 0.0336. The van der Waals surface area contributed by atoms with Crippen LogP contribution in [0.3, 0.4) is 0 Å². The summed E-state index contributed by atoms with van der Waals surface area (Å²) in [6.07, 6.45) is 4.01. The Bertz CT molecular complexity index is 196. The first kappa shape index (κ1) is 9.93. The van der Waals surface area contributed by atoms with Crippen molar-refractivity contribution in [3.05, 3.63) is 0 Å². The summed E-state index contributed by atoms with van der Waals surface area (Å²) in [6.45, 7) is 2.54. The molecule has 0 bridgehead atoms. The van der Waals surface area contributed by atoms with Gasteiger partial charge in [0.25, 0.3) is 0 Å². The van der Waals surface area contributed by atoms with Crippen LogP contribution in [-0.4, -0.2) is 37.7 Å². The maximum atomic E-state index is 11.7. The predicted molar refractivity (Wildman–Crippen MR) is 53.0 cm³/mol. The summed E-state index contributed by atoms with van der Waals surface area (Å²) in [6, 6.07) is 0.386. The minimum atomic E-state index is 0.0536. The van der Waals surface area contributed by atoms with Crippen molar-refractivity contribution in [2.75, 3.05) is 19.8 Å². The number of hydrogen-bond acceptors (Lipinski definition) is 3. The Balaban J connectivity index is 1.75. The van der Waals surface area contributed by atoms with Gasteiger partial charge in [-0.05, 0) is 32.2 Å². The lowest BCUT2D eigenvalue weighted by molar-refractivity contribution is -0.124. The number of hydrogen-bond donors (Lipinski definition) is 2. The van der Waals surface area contributed by atoms with Gasteiger partial charge in [-0.2, -0.15) is 0 Å². The molecule has 1 amide bonds. The molecule has 2 fully saturated rings. The van der Waals surface area contributed by atoms with E-state index in [4.69, 9.17) is 4.74 Å². The second-order valence-corrected chi connectivity index (χ2v) is 4.04. The van der Waals surface area contributed by atoms with Gasteiger partial charge in [-0.3, -0.25) is 4.79 Å². The summed E-state index contributed by atoms with van der Waals surface area (Å²) < 4.78 is 5.24. The Morgan fingerprint density at radius 1 is 1.29 bits per heavy atom. The van der Waals surface area contributed by atoms with Crippen LogP contribution in [0.4, 0.5) is 0 Å². The number of nitrogens with one attached hydrogen (secondary N) is 2. The summed E-state index contributed by atoms with van der Waals surface area (Å²) in [7, 11) is 0. The third-order valence-electron chi connectivity index (χ3n) is 2.94. The molecule has 2 saturated heterocycles. The van der Waals surface area contributed by atoms with Gasteiger partial charge >= 0.3 is 0 Å². The zero-order valence-corrected chi connectivity index (χ0v) is 8.42. The SMILES string of the molecule is O=C(NC1CCOCC1)[C@H]1CCCN1. The van der Waals surface area contributed by atoms with Gasteiger partial charge in [0.2, 0.25) is 5.91 Å². The normalized spacial score (nSPS) is 29.0. The van der Waals surface area contributed by atoms with Gasteiger partial charge in [0.1, 0.15) is 0 Å². The smallest absolute Gasteiger partial charge is 0.237 e. The summed E-state index contributed by atoms with van der Waals surface area (Å²) >= 11 is 0. The zero-order valence-electron chi connectivity index (χ0n) is 8.42. The molecule has 0 aromatic carbocycles. The number of amides is 1. The molecule has 2 aliphatic heterocycles. The maximum absolute atomic E-state index is 11.7. The second-order valence-electron chi connectivity index (χ2n) is 4.04. The van der Waals surface area contributed by atoms with Crippen molar-refractivity contribution < 1.29 is 9.53 Å². The highest BCUT2D eigenvalue weighted by Gasteiger charge is 2.24. The van der Waals surface area contributed by atoms with Crippen LogP contribution in [0.1, 0.15) is 25.7 Å². The van der Waals surface area contributed by atoms with Gasteiger partial charge in [0.05, 0.1) is 6.04 Å². The Hall–Kier alpha value is -0.610. The molecule has 0 aliphatic carbocycles. The number of rotatable bonds is 2. The molecule has 80 valence electrons. The van der Waals surface area contributed by atoms with E-state index in [-0.39, 0.29) is 11.9 Å². The first-order valence-corrected chi connectivity index (χ1v) is 5.48. The van der Waals surface area contributed by atoms with E-state index in [2.05, 4.69) is 10.6 Å². The highest BCUT2D eigenvalue weighted by Crippen LogP contribution is 2.09. The van der Waals surface area contributed by atoms with Crippen molar-refractivity contribution in [1.29, 1.82) is 0 Å². The minimum absolute atomic E-state index is 0.0536. The van der Waals surface area contributed by atoms with Gasteiger partial charge < -0.3 is 15.4 Å². The maximum Gasteiger partial charge on any atom is 0.237 e. The fourth-order valence-corrected chi connectivity index (χ4v) is 2.05. The van der Waals surface area contributed by atoms with Crippen LogP contribution < -0.4 is 10.6 Å². The molecule has 1 atom stereocenters. The molecule has 0 unspecified atom stereocenters. The van der Waals surface area contributed by atoms with Crippen LogP contribution in [0.2, 0.25) is 0 Å². The molecular weight excluding hydrogens is 180 g/mol. The van der Waals surface area contributed by atoms with E-state index in [9.17, 15) is 4.79 Å². The quantitative estimate of drug-likeness (QED) is 0.658. The molecular formula is C10H18N2O2. The van der Waals surface area contributed by atoms with Crippen LogP contribution in [0.5, 0.6) is 0 Å². The molecule has 0 aromatic heterocycles. The van der Waals surface area contributed by atoms with Crippen molar-refractivity contribution in [2.45, 2.75) is 37.8 Å². The highest BCUT2D eigenvalue weighted by molar-refractivity contribution is 5.82. The summed E-state index contributed by atoms with van der Waals surface area (Å²) in [5.74, 6) is 0.175. The van der Waals surface area contributed by atoms with E-state index in [1.165, 1.54) is 0 Å². The molecule has 14 heavy (non-hydrogen) atoms. The van der Waals surface area contributed by atoms with Crippen molar-refractivity contribution in [2.24, 2.45) is 0 Å². The van der Waals surface area contributed by atoms with Crippen molar-refractivity contribution in [3.8, 4) is 0 Å². The lowest BCUT2D eigenvalue weighted by Gasteiger charge is -2.24. The van der Waals surface area contributed by atoms with E-state index >= 15 is 0 Å². The molecule has 0 aromatic rings. The van der Waals surface area contributed by atoms with Gasteiger partial charge in [-0.25, -0.2) is 0 Å². The third kappa shape index (κ3) is 2.45. The molecule has 4 nitrogen and oxygen atoms in total. The van der Waals surface area contributed by atoms with Crippen LogP contribution in [0, 0.1) is 0 Å². The molecule has 4 heteroatoms. The molecule has 2 aliphatic rings. The van der Waals surface area contributed by atoms with E-state index < -0.39 is 0 Å². The Kier molecular flexibility index (Phi) is 3.37. The average Bonchev–Trinajstić information content (AvgIpc) is 2.72. The molecule has 0 spiro atoms. The second kappa shape index (κ2) is 4.75. The lowest BCUT2D eigenvalue weighted by atomic mass is 10.1. The first-order chi connectivity index (χ1) is 6.86. The van der Waals surface area contributed by atoms with Gasteiger partial charge in [0, 0.05) is 19.3 Å². The topological polar surface area (TPSA) is 50.4 Å². The Morgan fingerprint density at radius 2 is 2.07 bits per heavy atom. The molecule has 0 saturated carbocycles. The number of carbonyl (C=O) groups is 1. The van der Waals surface area contributed by atoms with Crippen LogP contribution >= 0.6 is 0 Å². The summed E-state index contributed by atoms with van der Waals surface area (Å²) in [5, 5.41) is 6.28. The summed E-state index contributed by atoms with van der Waals surface area (Å²) in [4.78, 5) is 11.7. The Labute approximate surface area is 84.4 Å². The van der Waals surface area contributed by atoms with E-state index in [0.29, 0.717) is 6.04 Å². The van der Waals surface area contributed by atoms with Crippen molar-refractivity contribution in [1.82, 2.24) is 10.6 Å². The average molecular weight is 198 g/mol. The largest absolute Gasteiger partial charge is 0.381 e. The number of carbonyl (C=O) groups excluding carboxylic acids is 1. The lowest BCUT2D eigenvalue weighted by Crippen LogP contribution is -2.46. The van der Waals surface area contributed by atoms with E-state index in [0.717, 1.165) is 45.4 Å². The molecule has 2 N–H and O–H groups in total.